The van der Waals surface area contributed by atoms with Crippen molar-refractivity contribution < 1.29 is 13.2 Å². The maximum atomic E-state index is 12.8. The number of likely N-dealkylation sites (N-methyl/N-ethyl adjacent to an activating group) is 1. The third-order valence-corrected chi connectivity index (χ3v) is 3.28. The van der Waals surface area contributed by atoms with Gasteiger partial charge in [0, 0.05) is 32.9 Å². The molecule has 1 aromatic rings. The van der Waals surface area contributed by atoms with Crippen LogP contribution in [0.3, 0.4) is 0 Å². The van der Waals surface area contributed by atoms with E-state index in [-0.39, 0.29) is 11.8 Å². The standard InChI is InChI=1S/C14H16F3N5.C4H6/c1-4-11-10(6-5-7-22(11)3)20-13-19-8-9(14(15,16)17)12(18-2)21-13;1-3-4-2/h4-8H,1-3H3,(H2,18,19,20,21);1H,4H2,2H3/b11-4-;. The summed E-state index contributed by atoms with van der Waals surface area (Å²) in [5.41, 5.74) is 0.674. The molecule has 2 N–H and O–H groups in total. The van der Waals surface area contributed by atoms with Gasteiger partial charge in [0.25, 0.3) is 0 Å². The lowest BCUT2D eigenvalue weighted by Crippen LogP contribution is -2.20. The maximum absolute atomic E-state index is 12.8. The maximum Gasteiger partial charge on any atom is 0.421 e. The Morgan fingerprint density at radius 1 is 1.38 bits per heavy atom. The van der Waals surface area contributed by atoms with Crippen molar-refractivity contribution >= 4 is 11.8 Å². The van der Waals surface area contributed by atoms with Crippen LogP contribution < -0.4 is 10.6 Å². The zero-order chi connectivity index (χ0) is 19.7. The quantitative estimate of drug-likeness (QED) is 0.786. The molecule has 2 heterocycles. The number of nitrogens with one attached hydrogen (secondary N) is 2. The minimum Gasteiger partial charge on any atom is -0.372 e. The van der Waals surface area contributed by atoms with E-state index in [1.165, 1.54) is 7.05 Å². The number of aromatic nitrogens is 2. The van der Waals surface area contributed by atoms with E-state index in [1.54, 1.807) is 6.08 Å². The highest BCUT2D eigenvalue weighted by atomic mass is 19.4. The fourth-order valence-corrected chi connectivity index (χ4v) is 2.05. The number of hydrogen-bond acceptors (Lipinski definition) is 5. The highest BCUT2D eigenvalue weighted by molar-refractivity contribution is 5.53. The van der Waals surface area contributed by atoms with E-state index >= 15 is 0 Å². The Labute approximate surface area is 151 Å². The van der Waals surface area contributed by atoms with Gasteiger partial charge in [-0.05, 0) is 19.1 Å². The number of allylic oxidation sites excluding steroid dienone is 3. The van der Waals surface area contributed by atoms with Gasteiger partial charge in [-0.25, -0.2) is 4.98 Å². The van der Waals surface area contributed by atoms with E-state index in [2.05, 4.69) is 26.5 Å². The molecule has 0 aromatic carbocycles. The second kappa shape index (κ2) is 9.51. The van der Waals surface area contributed by atoms with Crippen LogP contribution in [0.15, 0.2) is 42.0 Å². The minimum absolute atomic E-state index is 0.0895. The van der Waals surface area contributed by atoms with Gasteiger partial charge in [-0.3, -0.25) is 0 Å². The molecule has 0 bridgehead atoms. The smallest absolute Gasteiger partial charge is 0.372 e. The summed E-state index contributed by atoms with van der Waals surface area (Å²) in [6, 6.07) is 0. The van der Waals surface area contributed by atoms with Crippen molar-refractivity contribution in [3.8, 4) is 12.3 Å². The van der Waals surface area contributed by atoms with Crippen molar-refractivity contribution in [3.05, 3.63) is 47.6 Å². The van der Waals surface area contributed by atoms with E-state index in [0.717, 1.165) is 18.3 Å². The monoisotopic (exact) mass is 365 g/mol. The molecule has 0 radical (unpaired) electrons. The van der Waals surface area contributed by atoms with Gasteiger partial charge < -0.3 is 15.5 Å². The highest BCUT2D eigenvalue weighted by Crippen LogP contribution is 2.33. The van der Waals surface area contributed by atoms with Crippen LogP contribution in [0, 0.1) is 12.3 Å². The van der Waals surface area contributed by atoms with Gasteiger partial charge in [0.2, 0.25) is 5.95 Å². The summed E-state index contributed by atoms with van der Waals surface area (Å²) in [4.78, 5) is 9.51. The normalized spacial score (nSPS) is 14.9. The molecule has 8 heteroatoms. The molecule has 0 atom stereocenters. The Morgan fingerprint density at radius 3 is 2.54 bits per heavy atom. The Kier molecular flexibility index (Phi) is 7.72. The molecule has 0 aliphatic carbocycles. The van der Waals surface area contributed by atoms with Gasteiger partial charge in [-0.1, -0.05) is 13.0 Å². The second-order valence-electron chi connectivity index (χ2n) is 5.09. The van der Waals surface area contributed by atoms with Crippen molar-refractivity contribution in [1.29, 1.82) is 0 Å². The highest BCUT2D eigenvalue weighted by Gasteiger charge is 2.35. The Morgan fingerprint density at radius 2 is 2.04 bits per heavy atom. The summed E-state index contributed by atoms with van der Waals surface area (Å²) in [7, 11) is 3.25. The number of nitrogens with zero attached hydrogens (tertiary/aromatic N) is 3. The van der Waals surface area contributed by atoms with Gasteiger partial charge >= 0.3 is 6.18 Å². The molecule has 2 rings (SSSR count). The van der Waals surface area contributed by atoms with Crippen LogP contribution in [-0.2, 0) is 6.18 Å². The van der Waals surface area contributed by atoms with Crippen molar-refractivity contribution in [1.82, 2.24) is 14.9 Å². The molecule has 0 amide bonds. The molecule has 1 aromatic heterocycles. The summed E-state index contributed by atoms with van der Waals surface area (Å²) in [5, 5.41) is 5.38. The summed E-state index contributed by atoms with van der Waals surface area (Å²) < 4.78 is 38.5. The Hall–Kier alpha value is -2.95. The number of halogens is 3. The average Bonchev–Trinajstić information content (AvgIpc) is 2.61. The summed E-state index contributed by atoms with van der Waals surface area (Å²) in [6.07, 6.45) is 9.25. The van der Waals surface area contributed by atoms with Crippen LogP contribution in [0.5, 0.6) is 0 Å². The van der Waals surface area contributed by atoms with Crippen LogP contribution in [0.2, 0.25) is 0 Å². The van der Waals surface area contributed by atoms with E-state index < -0.39 is 11.7 Å². The summed E-state index contributed by atoms with van der Waals surface area (Å²) >= 11 is 0. The van der Waals surface area contributed by atoms with E-state index in [0.29, 0.717) is 5.70 Å². The molecule has 26 heavy (non-hydrogen) atoms. The zero-order valence-electron chi connectivity index (χ0n) is 15.1. The van der Waals surface area contributed by atoms with Crippen LogP contribution in [0.1, 0.15) is 25.8 Å². The molecule has 0 saturated heterocycles. The van der Waals surface area contributed by atoms with Gasteiger partial charge in [0.1, 0.15) is 11.4 Å². The molecule has 0 saturated carbocycles. The SMILES string of the molecule is C#CCC.C/C=C1/C(Nc2ncc(C(F)(F)F)c(NC)n2)=CC=CN1C. The van der Waals surface area contributed by atoms with Gasteiger partial charge in [0.15, 0.2) is 0 Å². The lowest BCUT2D eigenvalue weighted by Gasteiger charge is -2.24. The molecule has 5 nitrogen and oxygen atoms in total. The predicted molar refractivity (Wildman–Crippen MR) is 98.1 cm³/mol. The first-order valence-electron chi connectivity index (χ1n) is 7.88. The Bertz CT molecular complexity index is 742. The molecule has 1 aliphatic heterocycles. The number of alkyl halides is 3. The topological polar surface area (TPSA) is 53.1 Å². The lowest BCUT2D eigenvalue weighted by atomic mass is 10.2. The summed E-state index contributed by atoms with van der Waals surface area (Å²) in [5.74, 6) is 2.25. The molecule has 140 valence electrons. The molecular weight excluding hydrogens is 343 g/mol. The lowest BCUT2D eigenvalue weighted by molar-refractivity contribution is -0.137. The third-order valence-electron chi connectivity index (χ3n) is 3.28. The van der Waals surface area contributed by atoms with Crippen LogP contribution >= 0.6 is 0 Å². The number of rotatable bonds is 3. The van der Waals surface area contributed by atoms with E-state index in [9.17, 15) is 13.2 Å². The minimum atomic E-state index is -4.50. The van der Waals surface area contributed by atoms with Gasteiger partial charge in [0.05, 0.1) is 11.4 Å². The van der Waals surface area contributed by atoms with E-state index in [1.807, 2.05) is 44.1 Å². The molecular formula is C18H22F3N5. The van der Waals surface area contributed by atoms with Crippen molar-refractivity contribution in [2.24, 2.45) is 0 Å². The third kappa shape index (κ3) is 5.55. The van der Waals surface area contributed by atoms with Crippen LogP contribution in [-0.4, -0.2) is 29.0 Å². The van der Waals surface area contributed by atoms with Gasteiger partial charge in [-0.2, -0.15) is 18.2 Å². The largest absolute Gasteiger partial charge is 0.421 e. The summed E-state index contributed by atoms with van der Waals surface area (Å²) in [6.45, 7) is 3.81. The number of anilines is 2. The first kappa shape index (κ1) is 21.1. The fraction of sp³-hybridized carbons (Fsp3) is 0.333. The van der Waals surface area contributed by atoms with Crippen LogP contribution in [0.25, 0.3) is 0 Å². The first-order chi connectivity index (χ1) is 12.3. The average molecular weight is 365 g/mol. The second-order valence-corrected chi connectivity index (χ2v) is 5.09. The van der Waals surface area contributed by atoms with Crippen molar-refractivity contribution in [3.63, 3.8) is 0 Å². The first-order valence-corrected chi connectivity index (χ1v) is 7.88. The van der Waals surface area contributed by atoms with Crippen LogP contribution in [0.4, 0.5) is 24.9 Å². The van der Waals surface area contributed by atoms with Gasteiger partial charge in [-0.15, -0.1) is 12.3 Å². The van der Waals surface area contributed by atoms with E-state index in [4.69, 9.17) is 6.42 Å². The van der Waals surface area contributed by atoms with Crippen molar-refractivity contribution in [2.45, 2.75) is 26.4 Å². The number of terminal acetylenes is 1. The fourth-order valence-electron chi connectivity index (χ4n) is 2.05. The molecule has 0 fully saturated rings. The number of hydrogen-bond donors (Lipinski definition) is 2. The van der Waals surface area contributed by atoms with Crippen molar-refractivity contribution in [2.75, 3.05) is 24.7 Å². The molecule has 1 aliphatic rings. The zero-order valence-corrected chi connectivity index (χ0v) is 15.1. The predicted octanol–water partition coefficient (Wildman–Crippen LogP) is 4.23. The molecule has 0 unspecified atom stereocenters. The molecule has 0 spiro atoms. The Balaban J connectivity index is 0.000000765.